The molecule has 0 saturated heterocycles. The Morgan fingerprint density at radius 3 is 1.77 bits per heavy atom. The Labute approximate surface area is 231 Å². The summed E-state index contributed by atoms with van der Waals surface area (Å²) in [6, 6.07) is 6.96. The van der Waals surface area contributed by atoms with Crippen LogP contribution in [0.15, 0.2) is 30.8 Å². The number of sulfonamides is 2. The number of hydrogen-bond acceptors (Lipinski definition) is 6. The van der Waals surface area contributed by atoms with Crippen LogP contribution in [0.5, 0.6) is 0 Å². The number of rotatable bonds is 12. The normalized spacial score (nSPS) is 14.9. The molecule has 0 radical (unpaired) electrons. The number of ether oxygens (including phenoxy) is 1. The summed E-state index contributed by atoms with van der Waals surface area (Å²) in [7, 11) is -14.1. The van der Waals surface area contributed by atoms with Gasteiger partial charge in [0.1, 0.15) is 0 Å². The van der Waals surface area contributed by atoms with Crippen LogP contribution >= 0.6 is 6.75 Å². The van der Waals surface area contributed by atoms with E-state index >= 15 is 0 Å². The van der Waals surface area contributed by atoms with Crippen LogP contribution in [-0.4, -0.2) is 68.7 Å². The molecule has 0 aliphatic carbocycles. The van der Waals surface area contributed by atoms with E-state index in [9.17, 15) is 48.0 Å². The summed E-state index contributed by atoms with van der Waals surface area (Å²) in [6.07, 6.45) is -3.94. The van der Waals surface area contributed by atoms with E-state index in [1.165, 1.54) is 0 Å². The minimum absolute atomic E-state index is 0.624. The molecule has 0 aromatic heterocycles. The molecule has 0 fully saturated rings. The van der Waals surface area contributed by atoms with Gasteiger partial charge in [-0.25, -0.2) is 0 Å². The second-order valence-corrected chi connectivity index (χ2v) is 20.8. The molecule has 0 aliphatic rings. The van der Waals surface area contributed by atoms with Gasteiger partial charge in [0.2, 0.25) is 0 Å². The van der Waals surface area contributed by atoms with Crippen LogP contribution < -0.4 is 5.32 Å². The van der Waals surface area contributed by atoms with E-state index in [1.54, 1.807) is 45.0 Å². The number of alkyl carbamates (subject to hydrolysis) is 1. The van der Waals surface area contributed by atoms with Crippen molar-refractivity contribution >= 4 is 38.5 Å². The van der Waals surface area contributed by atoms with Gasteiger partial charge in [-0.2, -0.15) is 0 Å². The van der Waals surface area contributed by atoms with E-state index < -0.39 is 84.2 Å². The van der Waals surface area contributed by atoms with Crippen LogP contribution in [0.25, 0.3) is 5.57 Å². The van der Waals surface area contributed by atoms with E-state index in [1.807, 2.05) is 0 Å². The van der Waals surface area contributed by atoms with Crippen molar-refractivity contribution in [2.75, 3.05) is 31.3 Å². The van der Waals surface area contributed by atoms with E-state index in [4.69, 9.17) is 4.74 Å². The zero-order chi connectivity index (χ0) is 31.6. The molecule has 1 aromatic rings. The van der Waals surface area contributed by atoms with Crippen LogP contribution in [0.4, 0.5) is 31.1 Å². The number of carbonyl (C=O) groups is 1. The van der Waals surface area contributed by atoms with Gasteiger partial charge in [-0.15, -0.1) is 0 Å². The second-order valence-electron chi connectivity index (χ2n) is 9.91. The van der Waals surface area contributed by atoms with Gasteiger partial charge in [-0.3, -0.25) is 0 Å². The summed E-state index contributed by atoms with van der Waals surface area (Å²) in [5.74, 6) is 0. The number of nitrogens with zero attached hydrogens (tertiary/aromatic N) is 1. The molecule has 8 nitrogen and oxygen atoms in total. The molecule has 232 valence electrons. The summed E-state index contributed by atoms with van der Waals surface area (Å²) in [6.45, 7) is 6.14. The molecule has 0 saturated carbocycles. The first-order chi connectivity index (χ1) is 17.9. The van der Waals surface area contributed by atoms with Crippen molar-refractivity contribution in [1.82, 2.24) is 8.80 Å². The number of allylic oxidation sites excluding steroid dienone is 1. The zero-order valence-electron chi connectivity index (χ0n) is 23.0. The predicted molar refractivity (Wildman–Crippen MR) is 144 cm³/mol. The topological polar surface area (TPSA) is 110 Å². The van der Waals surface area contributed by atoms with Crippen LogP contribution in [0, 0.1) is 0 Å². The summed E-state index contributed by atoms with van der Waals surface area (Å²) in [5, 5.41) is 2.54. The summed E-state index contributed by atoms with van der Waals surface area (Å²) >= 11 is 0. The van der Waals surface area contributed by atoms with E-state index in [-0.39, 0.29) is 0 Å². The molecular formula is C23H35F6N2O6PS2. The Morgan fingerprint density at radius 1 is 0.950 bits per heavy atom. The fraction of sp³-hybridized carbons (Fsp3) is 0.609. The maximum absolute atomic E-state index is 13.6. The first-order valence-corrected chi connectivity index (χ1v) is 17.8. The van der Waals surface area contributed by atoms with Gasteiger partial charge in [-0.05, 0) is 0 Å². The molecule has 17 heteroatoms. The fourth-order valence-corrected chi connectivity index (χ4v) is 18.0. The number of amides is 1. The van der Waals surface area contributed by atoms with Crippen molar-refractivity contribution in [2.24, 2.45) is 0 Å². The Kier molecular flexibility index (Phi) is 10.6. The second kappa shape index (κ2) is 11.8. The van der Waals surface area contributed by atoms with Crippen molar-refractivity contribution in [3.63, 3.8) is 0 Å². The molecule has 0 heterocycles. The van der Waals surface area contributed by atoms with Crippen molar-refractivity contribution in [1.29, 1.82) is 0 Å². The fourth-order valence-electron chi connectivity index (χ4n) is 4.40. The van der Waals surface area contributed by atoms with Crippen molar-refractivity contribution in [3.8, 4) is 0 Å². The van der Waals surface area contributed by atoms with Gasteiger partial charge in [0.05, 0.1) is 0 Å². The SMILES string of the molecule is C=C(C)c1cccc(C(C)(C)NC(=O)OCCP(CC)(CC)(CC)N(S(=O)(=O)C(F)(F)F)S(=O)(=O)C(F)(F)F)c1. The van der Waals surface area contributed by atoms with Gasteiger partial charge >= 0.3 is 231 Å². The minimum atomic E-state index is -7.04. The zero-order valence-corrected chi connectivity index (χ0v) is 25.5. The number of nitrogens with one attached hydrogen (secondary N) is 1. The molecule has 0 atom stereocenters. The molecule has 0 spiro atoms. The molecular weight excluding hydrogens is 609 g/mol. The molecule has 40 heavy (non-hydrogen) atoms. The number of carbonyl (C=O) groups excluding carboxylic acids is 1. The van der Waals surface area contributed by atoms with Gasteiger partial charge in [0.25, 0.3) is 0 Å². The first-order valence-electron chi connectivity index (χ1n) is 12.0. The summed E-state index contributed by atoms with van der Waals surface area (Å²) < 4.78 is 136. The molecule has 1 aromatic carbocycles. The van der Waals surface area contributed by atoms with Crippen LogP contribution in [0.1, 0.15) is 52.7 Å². The molecule has 1 rings (SSSR count). The van der Waals surface area contributed by atoms with Gasteiger partial charge in [0.15, 0.2) is 0 Å². The van der Waals surface area contributed by atoms with Crippen molar-refractivity contribution < 1.29 is 52.7 Å². The number of alkyl halides is 6. The van der Waals surface area contributed by atoms with Gasteiger partial charge < -0.3 is 0 Å². The average molecular weight is 645 g/mol. The molecule has 0 aliphatic heterocycles. The van der Waals surface area contributed by atoms with E-state index in [2.05, 4.69) is 11.9 Å². The van der Waals surface area contributed by atoms with Gasteiger partial charge in [-0.1, -0.05) is 0 Å². The standard InChI is InChI=1S/C23H35F6N2O6PS2/c1-8-38(9-2,10-3,31(39(33,34)22(24,25)26)40(35,36)23(27,28)29)15-14-37-20(32)30-21(6,7)19-13-11-12-18(16-19)17(4)5/h11-13,16H,4,8-10,14-15H2,1-3,5-7H3,(H,30,32). The quantitative estimate of drug-likeness (QED) is 0.214. The maximum atomic E-state index is 13.6. The third-order valence-corrected chi connectivity index (χ3v) is 21.6. The van der Waals surface area contributed by atoms with E-state index in [0.717, 1.165) is 31.9 Å². The van der Waals surface area contributed by atoms with Crippen molar-refractivity contribution in [2.45, 2.75) is 58.1 Å². The average Bonchev–Trinajstić information content (AvgIpc) is 2.81. The third kappa shape index (κ3) is 6.76. The van der Waals surface area contributed by atoms with Crippen LogP contribution in [-0.2, 0) is 30.3 Å². The van der Waals surface area contributed by atoms with Crippen LogP contribution in [0.3, 0.4) is 0 Å². The number of hydrogen-bond donors (Lipinski definition) is 1. The van der Waals surface area contributed by atoms with Gasteiger partial charge in [0, 0.05) is 0 Å². The van der Waals surface area contributed by atoms with Crippen molar-refractivity contribution in [3.05, 3.63) is 42.0 Å². The first kappa shape index (κ1) is 36.1. The monoisotopic (exact) mass is 644 g/mol. The summed E-state index contributed by atoms with van der Waals surface area (Å²) in [5.41, 5.74) is -11.6. The molecule has 0 bridgehead atoms. The van der Waals surface area contributed by atoms with Crippen LogP contribution in [0.2, 0.25) is 0 Å². The Balaban J connectivity index is 3.50. The molecule has 1 amide bonds. The molecule has 1 N–H and O–H groups in total. The van der Waals surface area contributed by atoms with E-state index in [0.29, 0.717) is 5.56 Å². The molecule has 0 unspecified atom stereocenters. The predicted octanol–water partition coefficient (Wildman–Crippen LogP) is 6.21. The Bertz CT molecular complexity index is 1270. The number of halogens is 6. The third-order valence-electron chi connectivity index (χ3n) is 7.29. The Hall–Kier alpha value is -1.90. The Morgan fingerprint density at radius 2 is 1.40 bits per heavy atom. The number of benzene rings is 1. The summed E-state index contributed by atoms with van der Waals surface area (Å²) in [4.78, 5) is 12.6.